The number of para-hydroxylation sites is 1. The average molecular weight is 255 g/mol. The van der Waals surface area contributed by atoms with Crippen LogP contribution in [-0.4, -0.2) is 13.2 Å². The molecule has 0 unspecified atom stereocenters. The first-order valence-corrected chi connectivity index (χ1v) is 6.77. The third-order valence-corrected chi connectivity index (χ3v) is 3.02. The van der Waals surface area contributed by atoms with Crippen molar-refractivity contribution in [3.05, 3.63) is 60.2 Å². The first-order valence-electron chi connectivity index (χ1n) is 6.77. The summed E-state index contributed by atoms with van der Waals surface area (Å²) in [4.78, 5) is 0. The Balaban J connectivity index is 1.74. The second-order valence-electron chi connectivity index (χ2n) is 4.86. The van der Waals surface area contributed by atoms with Crippen LogP contribution in [0.25, 0.3) is 0 Å². The minimum absolute atomic E-state index is 0.579. The summed E-state index contributed by atoms with van der Waals surface area (Å²) in [6.45, 7) is 5.87. The molecule has 0 bridgehead atoms. The van der Waals surface area contributed by atoms with Gasteiger partial charge in [0.05, 0.1) is 0 Å². The molecule has 0 aliphatic heterocycles. The van der Waals surface area contributed by atoms with Crippen LogP contribution in [0, 0.1) is 0 Å². The van der Waals surface area contributed by atoms with Gasteiger partial charge in [-0.05, 0) is 35.7 Å². The normalized spacial score (nSPS) is 10.5. The van der Waals surface area contributed by atoms with Crippen LogP contribution in [0.1, 0.15) is 25.3 Å². The molecule has 2 aromatic rings. The molecule has 100 valence electrons. The molecule has 0 aliphatic carbocycles. The predicted molar refractivity (Wildman–Crippen MR) is 81.0 cm³/mol. The zero-order valence-electron chi connectivity index (χ0n) is 11.6. The molecule has 2 heteroatoms. The summed E-state index contributed by atoms with van der Waals surface area (Å²) in [5.41, 5.74) is 2.51. The zero-order chi connectivity index (χ0) is 13.5. The summed E-state index contributed by atoms with van der Waals surface area (Å²) in [6, 6.07) is 18.5. The molecule has 2 aromatic carbocycles. The molecule has 0 saturated heterocycles. The number of hydrogen-bond donors (Lipinski definition) is 1. The van der Waals surface area contributed by atoms with Crippen LogP contribution < -0.4 is 10.1 Å². The molecule has 2 rings (SSSR count). The van der Waals surface area contributed by atoms with Gasteiger partial charge in [-0.2, -0.15) is 0 Å². The third-order valence-electron chi connectivity index (χ3n) is 3.02. The quantitative estimate of drug-likeness (QED) is 0.777. The lowest BCUT2D eigenvalue weighted by Crippen LogP contribution is -2.11. The predicted octanol–water partition coefficient (Wildman–Crippen LogP) is 4.30. The van der Waals surface area contributed by atoms with Gasteiger partial charge in [-0.1, -0.05) is 44.2 Å². The molecular formula is C17H21NO. The Labute approximate surface area is 115 Å². The molecule has 0 heterocycles. The Morgan fingerprint density at radius 1 is 0.947 bits per heavy atom. The summed E-state index contributed by atoms with van der Waals surface area (Å²) < 4.78 is 5.63. The molecule has 1 N–H and O–H groups in total. The van der Waals surface area contributed by atoms with Crippen LogP contribution in [0.15, 0.2) is 54.6 Å². The van der Waals surface area contributed by atoms with E-state index >= 15 is 0 Å². The molecule has 0 saturated carbocycles. The van der Waals surface area contributed by atoms with Crippen molar-refractivity contribution in [2.24, 2.45) is 0 Å². The Morgan fingerprint density at radius 3 is 2.26 bits per heavy atom. The number of nitrogens with one attached hydrogen (secondary N) is 1. The number of anilines is 1. The fourth-order valence-corrected chi connectivity index (χ4v) is 1.87. The van der Waals surface area contributed by atoms with Gasteiger partial charge in [0.2, 0.25) is 0 Å². The minimum Gasteiger partial charge on any atom is -0.492 e. The van der Waals surface area contributed by atoms with E-state index in [1.807, 2.05) is 30.3 Å². The van der Waals surface area contributed by atoms with Crippen molar-refractivity contribution >= 4 is 5.69 Å². The van der Waals surface area contributed by atoms with Crippen LogP contribution in [0.3, 0.4) is 0 Å². The molecule has 0 spiro atoms. The molecule has 0 aromatic heterocycles. The summed E-state index contributed by atoms with van der Waals surface area (Å²) in [7, 11) is 0. The van der Waals surface area contributed by atoms with E-state index in [0.717, 1.165) is 18.0 Å². The van der Waals surface area contributed by atoms with Gasteiger partial charge in [0.1, 0.15) is 12.4 Å². The molecular weight excluding hydrogens is 234 g/mol. The van der Waals surface area contributed by atoms with Crippen molar-refractivity contribution in [2.45, 2.75) is 19.8 Å². The van der Waals surface area contributed by atoms with Crippen molar-refractivity contribution in [3.8, 4) is 5.75 Å². The average Bonchev–Trinajstić information content (AvgIpc) is 2.45. The fraction of sp³-hybridized carbons (Fsp3) is 0.294. The van der Waals surface area contributed by atoms with Crippen molar-refractivity contribution < 1.29 is 4.74 Å². The van der Waals surface area contributed by atoms with Gasteiger partial charge in [-0.3, -0.25) is 0 Å². The topological polar surface area (TPSA) is 21.3 Å². The Morgan fingerprint density at radius 2 is 1.63 bits per heavy atom. The molecule has 0 fully saturated rings. The standard InChI is InChI=1S/C17H21NO/c1-14(2)15-8-10-16(11-9-15)18-12-13-19-17-6-4-3-5-7-17/h3-11,14,18H,12-13H2,1-2H3. The van der Waals surface area contributed by atoms with E-state index in [0.29, 0.717) is 12.5 Å². The van der Waals surface area contributed by atoms with Gasteiger partial charge in [-0.15, -0.1) is 0 Å². The van der Waals surface area contributed by atoms with E-state index < -0.39 is 0 Å². The maximum Gasteiger partial charge on any atom is 0.119 e. The van der Waals surface area contributed by atoms with Gasteiger partial charge in [0.25, 0.3) is 0 Å². The zero-order valence-corrected chi connectivity index (χ0v) is 11.6. The molecule has 0 aliphatic rings. The molecule has 2 nitrogen and oxygen atoms in total. The number of hydrogen-bond acceptors (Lipinski definition) is 2. The van der Waals surface area contributed by atoms with E-state index in [1.165, 1.54) is 5.56 Å². The smallest absolute Gasteiger partial charge is 0.119 e. The van der Waals surface area contributed by atoms with Crippen LogP contribution in [0.2, 0.25) is 0 Å². The van der Waals surface area contributed by atoms with Crippen molar-refractivity contribution in [1.82, 2.24) is 0 Å². The Kier molecular flexibility index (Phi) is 4.85. The third kappa shape index (κ3) is 4.32. The SMILES string of the molecule is CC(C)c1ccc(NCCOc2ccccc2)cc1. The highest BCUT2D eigenvalue weighted by molar-refractivity contribution is 5.45. The lowest BCUT2D eigenvalue weighted by atomic mass is 10.0. The van der Waals surface area contributed by atoms with Gasteiger partial charge >= 0.3 is 0 Å². The van der Waals surface area contributed by atoms with Crippen molar-refractivity contribution in [2.75, 3.05) is 18.5 Å². The molecule has 0 atom stereocenters. The molecule has 19 heavy (non-hydrogen) atoms. The minimum atomic E-state index is 0.579. The van der Waals surface area contributed by atoms with Crippen LogP contribution in [0.4, 0.5) is 5.69 Å². The number of benzene rings is 2. The first kappa shape index (κ1) is 13.5. The monoisotopic (exact) mass is 255 g/mol. The highest BCUT2D eigenvalue weighted by Gasteiger charge is 1.98. The highest BCUT2D eigenvalue weighted by atomic mass is 16.5. The maximum absolute atomic E-state index is 5.63. The summed E-state index contributed by atoms with van der Waals surface area (Å²) >= 11 is 0. The van der Waals surface area contributed by atoms with Crippen LogP contribution >= 0.6 is 0 Å². The van der Waals surface area contributed by atoms with Gasteiger partial charge in [0.15, 0.2) is 0 Å². The highest BCUT2D eigenvalue weighted by Crippen LogP contribution is 2.17. The van der Waals surface area contributed by atoms with E-state index in [-0.39, 0.29) is 0 Å². The van der Waals surface area contributed by atoms with Gasteiger partial charge in [0, 0.05) is 12.2 Å². The lowest BCUT2D eigenvalue weighted by molar-refractivity contribution is 0.333. The maximum atomic E-state index is 5.63. The van der Waals surface area contributed by atoms with Gasteiger partial charge < -0.3 is 10.1 Å². The number of ether oxygens (including phenoxy) is 1. The molecule has 0 amide bonds. The summed E-state index contributed by atoms with van der Waals surface area (Å²) in [5, 5.41) is 3.36. The molecule has 0 radical (unpaired) electrons. The fourth-order valence-electron chi connectivity index (χ4n) is 1.87. The van der Waals surface area contributed by atoms with Crippen molar-refractivity contribution in [1.29, 1.82) is 0 Å². The van der Waals surface area contributed by atoms with E-state index in [2.05, 4.69) is 43.4 Å². The lowest BCUT2D eigenvalue weighted by Gasteiger charge is -2.10. The second kappa shape index (κ2) is 6.83. The second-order valence-corrected chi connectivity index (χ2v) is 4.86. The van der Waals surface area contributed by atoms with Crippen LogP contribution in [0.5, 0.6) is 5.75 Å². The van der Waals surface area contributed by atoms with E-state index in [1.54, 1.807) is 0 Å². The van der Waals surface area contributed by atoms with Crippen molar-refractivity contribution in [3.63, 3.8) is 0 Å². The van der Waals surface area contributed by atoms with E-state index in [4.69, 9.17) is 4.74 Å². The summed E-state index contributed by atoms with van der Waals surface area (Å²) in [6.07, 6.45) is 0. The van der Waals surface area contributed by atoms with Crippen LogP contribution in [-0.2, 0) is 0 Å². The Hall–Kier alpha value is -1.96. The Bertz CT molecular complexity index is 476. The largest absolute Gasteiger partial charge is 0.492 e. The first-order chi connectivity index (χ1) is 9.25. The summed E-state index contributed by atoms with van der Waals surface area (Å²) in [5.74, 6) is 1.50. The van der Waals surface area contributed by atoms with Gasteiger partial charge in [-0.25, -0.2) is 0 Å². The van der Waals surface area contributed by atoms with E-state index in [9.17, 15) is 0 Å². The number of rotatable bonds is 6.